The second-order valence-corrected chi connectivity index (χ2v) is 8.50. The second-order valence-electron chi connectivity index (χ2n) is 8.06. The molecule has 4 rings (SSSR count). The Balaban J connectivity index is 0.00000171. The molecule has 2 aromatic rings. The molecule has 0 unspecified atom stereocenters. The van der Waals surface area contributed by atoms with Gasteiger partial charge in [0.25, 0.3) is 5.91 Å². The minimum Gasteiger partial charge on any atom is -0.384 e. The number of carbonyl (C=O) groups is 1. The van der Waals surface area contributed by atoms with Crippen LogP contribution >= 0.6 is 36.4 Å². The monoisotopic (exact) mass is 489 g/mol. The summed E-state index contributed by atoms with van der Waals surface area (Å²) in [6, 6.07) is 8.25. The number of amides is 1. The fourth-order valence-corrected chi connectivity index (χ4v) is 4.98. The summed E-state index contributed by atoms with van der Waals surface area (Å²) in [7, 11) is 1.66. The van der Waals surface area contributed by atoms with Crippen molar-refractivity contribution in [2.24, 2.45) is 5.73 Å². The number of nitrogens with zero attached hydrogens (tertiary/aromatic N) is 4. The molecule has 31 heavy (non-hydrogen) atoms. The molecule has 7 nitrogen and oxygen atoms in total. The number of fused-ring (bicyclic) bond motifs is 1. The van der Waals surface area contributed by atoms with Crippen molar-refractivity contribution < 1.29 is 9.53 Å². The third-order valence-corrected chi connectivity index (χ3v) is 6.79. The summed E-state index contributed by atoms with van der Waals surface area (Å²) in [5.41, 5.74) is 7.37. The van der Waals surface area contributed by atoms with E-state index in [0.29, 0.717) is 31.9 Å². The zero-order valence-corrected chi connectivity index (χ0v) is 20.0. The Kier molecular flexibility index (Phi) is 9.15. The fourth-order valence-electron chi connectivity index (χ4n) is 4.79. The zero-order chi connectivity index (χ0) is 20.4. The highest BCUT2D eigenvalue weighted by atomic mass is 35.5. The van der Waals surface area contributed by atoms with Crippen molar-refractivity contribution in [2.45, 2.75) is 50.1 Å². The van der Waals surface area contributed by atoms with Gasteiger partial charge in [-0.2, -0.15) is 0 Å². The number of rotatable bonds is 6. The molecule has 1 fully saturated rings. The Labute approximate surface area is 200 Å². The second kappa shape index (κ2) is 11.0. The molecule has 1 aliphatic carbocycles. The Morgan fingerprint density at radius 2 is 1.97 bits per heavy atom. The molecule has 10 heteroatoms. The SMILES string of the molecule is COCCc1nnc2n1CCN([C@H]1CC[C@](CN)(c3cccc(Cl)c3)CC1)C2=O.Cl.Cl. The Bertz CT molecular complexity index is 884. The fraction of sp³-hybridized carbons (Fsp3) is 0.571. The van der Waals surface area contributed by atoms with E-state index < -0.39 is 0 Å². The van der Waals surface area contributed by atoms with E-state index in [4.69, 9.17) is 22.1 Å². The maximum Gasteiger partial charge on any atom is 0.292 e. The molecule has 1 aromatic heterocycles. The van der Waals surface area contributed by atoms with Crippen LogP contribution in [0, 0.1) is 0 Å². The van der Waals surface area contributed by atoms with E-state index in [9.17, 15) is 4.79 Å². The van der Waals surface area contributed by atoms with Crippen molar-refractivity contribution in [2.75, 3.05) is 26.8 Å². The highest BCUT2D eigenvalue weighted by Gasteiger charge is 2.40. The van der Waals surface area contributed by atoms with E-state index >= 15 is 0 Å². The molecule has 0 spiro atoms. The molecular weight excluding hydrogens is 461 g/mol. The van der Waals surface area contributed by atoms with Gasteiger partial charge >= 0.3 is 0 Å². The van der Waals surface area contributed by atoms with Crippen molar-refractivity contribution in [3.8, 4) is 0 Å². The summed E-state index contributed by atoms with van der Waals surface area (Å²) >= 11 is 6.22. The summed E-state index contributed by atoms with van der Waals surface area (Å²) in [6.45, 7) is 2.59. The highest BCUT2D eigenvalue weighted by molar-refractivity contribution is 6.30. The topological polar surface area (TPSA) is 86.3 Å². The number of ether oxygens (including phenoxy) is 1. The first-order valence-electron chi connectivity index (χ1n) is 10.3. The van der Waals surface area contributed by atoms with Crippen LogP contribution in [0.25, 0.3) is 0 Å². The first-order chi connectivity index (χ1) is 14.1. The van der Waals surface area contributed by atoms with Crippen LogP contribution in [0.2, 0.25) is 5.02 Å². The predicted octanol–water partition coefficient (Wildman–Crippen LogP) is 3.26. The maximum absolute atomic E-state index is 13.1. The van der Waals surface area contributed by atoms with E-state index in [-0.39, 0.29) is 42.2 Å². The molecule has 0 bridgehead atoms. The van der Waals surface area contributed by atoms with Crippen LogP contribution in [0.1, 0.15) is 47.7 Å². The molecule has 172 valence electrons. The summed E-state index contributed by atoms with van der Waals surface area (Å²) in [4.78, 5) is 15.1. The largest absolute Gasteiger partial charge is 0.384 e. The van der Waals surface area contributed by atoms with Crippen molar-refractivity contribution in [1.82, 2.24) is 19.7 Å². The molecule has 0 atom stereocenters. The van der Waals surface area contributed by atoms with Crippen molar-refractivity contribution in [3.63, 3.8) is 0 Å². The molecule has 1 aliphatic heterocycles. The number of hydrogen-bond donors (Lipinski definition) is 1. The lowest BCUT2D eigenvalue weighted by atomic mass is 9.68. The molecule has 2 N–H and O–H groups in total. The van der Waals surface area contributed by atoms with E-state index in [1.54, 1.807) is 7.11 Å². The number of methoxy groups -OCH3 is 1. The number of hydrogen-bond acceptors (Lipinski definition) is 5. The van der Waals surface area contributed by atoms with Gasteiger partial charge < -0.3 is 19.9 Å². The van der Waals surface area contributed by atoms with Gasteiger partial charge in [0.15, 0.2) is 0 Å². The third kappa shape index (κ3) is 5.01. The van der Waals surface area contributed by atoms with Gasteiger partial charge in [0.05, 0.1) is 6.61 Å². The lowest BCUT2D eigenvalue weighted by Gasteiger charge is -2.44. The molecule has 0 radical (unpaired) electrons. The Morgan fingerprint density at radius 1 is 1.23 bits per heavy atom. The first kappa shape index (κ1) is 25.9. The zero-order valence-electron chi connectivity index (χ0n) is 17.6. The van der Waals surface area contributed by atoms with E-state index in [1.807, 2.05) is 27.7 Å². The predicted molar refractivity (Wildman–Crippen MR) is 126 cm³/mol. The van der Waals surface area contributed by atoms with Gasteiger partial charge in [-0.1, -0.05) is 23.7 Å². The summed E-state index contributed by atoms with van der Waals surface area (Å²) in [5, 5.41) is 9.12. The number of carbonyl (C=O) groups excluding carboxylic acids is 1. The normalized spacial score (nSPS) is 23.0. The Morgan fingerprint density at radius 3 is 2.61 bits per heavy atom. The molecule has 1 amide bonds. The van der Waals surface area contributed by atoms with Crippen molar-refractivity contribution >= 4 is 42.3 Å². The molecule has 2 aliphatic rings. The van der Waals surface area contributed by atoms with Gasteiger partial charge in [-0.15, -0.1) is 35.0 Å². The van der Waals surface area contributed by atoms with Crippen LogP contribution < -0.4 is 5.73 Å². The third-order valence-electron chi connectivity index (χ3n) is 6.55. The Hall–Kier alpha value is -1.38. The quantitative estimate of drug-likeness (QED) is 0.672. The van der Waals surface area contributed by atoms with Crippen LogP contribution in [-0.2, 0) is 23.1 Å². The number of nitrogens with two attached hydrogens (primary N) is 1. The van der Waals surface area contributed by atoms with Crippen LogP contribution in [0.3, 0.4) is 0 Å². The highest BCUT2D eigenvalue weighted by Crippen LogP contribution is 2.41. The van der Waals surface area contributed by atoms with Crippen molar-refractivity contribution in [1.29, 1.82) is 0 Å². The van der Waals surface area contributed by atoms with Crippen molar-refractivity contribution in [3.05, 3.63) is 46.5 Å². The average molecular weight is 491 g/mol. The number of benzene rings is 1. The number of aromatic nitrogens is 3. The van der Waals surface area contributed by atoms with Gasteiger partial charge in [-0.05, 0) is 43.4 Å². The average Bonchev–Trinajstić information content (AvgIpc) is 3.16. The molecule has 2 heterocycles. The van der Waals surface area contributed by atoms with Crippen LogP contribution in [-0.4, -0.2) is 58.4 Å². The lowest BCUT2D eigenvalue weighted by molar-refractivity contribution is 0.0520. The minimum absolute atomic E-state index is 0. The molecular formula is C21H30Cl3N5O2. The van der Waals surface area contributed by atoms with Gasteiger partial charge in [-0.25, -0.2) is 0 Å². The van der Waals surface area contributed by atoms with E-state index in [1.165, 1.54) is 5.56 Å². The summed E-state index contributed by atoms with van der Waals surface area (Å²) in [5.74, 6) is 1.26. The summed E-state index contributed by atoms with van der Waals surface area (Å²) < 4.78 is 7.07. The standard InChI is InChI=1S/C21H28ClN5O2.2ClH/c1-29-12-7-18-24-25-19-20(28)26(10-11-27(18)19)17-5-8-21(14-23,9-6-17)15-3-2-4-16(22)13-15;;/h2-4,13,17H,5-12,14,23H2,1H3;2*1H/t17-,21-;;. The number of halogens is 3. The lowest BCUT2D eigenvalue weighted by Crippen LogP contribution is -2.51. The molecule has 1 aromatic carbocycles. The van der Waals surface area contributed by atoms with Gasteiger partial charge in [0.2, 0.25) is 5.82 Å². The van der Waals surface area contributed by atoms with Gasteiger partial charge in [0, 0.05) is 49.6 Å². The van der Waals surface area contributed by atoms with Gasteiger partial charge in [-0.3, -0.25) is 4.79 Å². The van der Waals surface area contributed by atoms with E-state index in [2.05, 4.69) is 16.3 Å². The van der Waals surface area contributed by atoms with E-state index in [0.717, 1.165) is 43.1 Å². The van der Waals surface area contributed by atoms with Crippen LogP contribution in [0.4, 0.5) is 0 Å². The molecule has 1 saturated carbocycles. The maximum atomic E-state index is 13.1. The van der Waals surface area contributed by atoms with Crippen LogP contribution in [0.5, 0.6) is 0 Å². The summed E-state index contributed by atoms with van der Waals surface area (Å²) in [6.07, 6.45) is 4.42. The minimum atomic E-state index is -0.0619. The smallest absolute Gasteiger partial charge is 0.292 e. The van der Waals surface area contributed by atoms with Crippen LogP contribution in [0.15, 0.2) is 24.3 Å². The molecule has 0 saturated heterocycles. The first-order valence-corrected chi connectivity index (χ1v) is 10.6. The van der Waals surface area contributed by atoms with Gasteiger partial charge in [0.1, 0.15) is 5.82 Å².